The number of aromatic nitrogens is 1. The third-order valence-corrected chi connectivity index (χ3v) is 8.95. The number of esters is 1. The van der Waals surface area contributed by atoms with Crippen LogP contribution in [0.1, 0.15) is 71.4 Å². The number of ether oxygens (including phenoxy) is 1. The van der Waals surface area contributed by atoms with E-state index in [1.165, 1.54) is 38.2 Å². The summed E-state index contributed by atoms with van der Waals surface area (Å²) in [6.45, 7) is 6.50. The third-order valence-electron chi connectivity index (χ3n) is 8.95. The van der Waals surface area contributed by atoms with Gasteiger partial charge in [-0.25, -0.2) is 0 Å². The van der Waals surface area contributed by atoms with Crippen molar-refractivity contribution in [1.82, 2.24) is 4.98 Å². The first kappa shape index (κ1) is 19.1. The summed E-state index contributed by atoms with van der Waals surface area (Å²) in [6.07, 6.45) is 17.1. The first-order valence-corrected chi connectivity index (χ1v) is 11.3. The average Bonchev–Trinajstić information content (AvgIpc) is 3.10. The summed E-state index contributed by atoms with van der Waals surface area (Å²) >= 11 is 0. The summed E-state index contributed by atoms with van der Waals surface area (Å²) in [5.41, 5.74) is 2.43. The summed E-state index contributed by atoms with van der Waals surface area (Å²) in [5, 5.41) is 0. The Kier molecular flexibility index (Phi) is 4.31. The molecule has 0 radical (unpaired) electrons. The summed E-state index contributed by atoms with van der Waals surface area (Å²) in [4.78, 5) is 16.7. The lowest BCUT2D eigenvalue weighted by molar-refractivity contribution is -0.164. The molecule has 2 saturated carbocycles. The van der Waals surface area contributed by atoms with Gasteiger partial charge in [-0.05, 0) is 79.2 Å². The molecule has 0 bridgehead atoms. The number of hydrogen-bond acceptors (Lipinski definition) is 3. The first-order valence-electron chi connectivity index (χ1n) is 11.3. The lowest BCUT2D eigenvalue weighted by Crippen LogP contribution is -2.51. The molecule has 0 aliphatic heterocycles. The van der Waals surface area contributed by atoms with Gasteiger partial charge >= 0.3 is 5.97 Å². The summed E-state index contributed by atoms with van der Waals surface area (Å²) in [5.74, 6) is 2.12. The Morgan fingerprint density at radius 3 is 2.76 bits per heavy atom. The Balaban J connectivity index is 1.49. The molecule has 1 aromatic heterocycles. The maximum atomic E-state index is 12.0. The lowest BCUT2D eigenvalue weighted by atomic mass is 9.47. The number of carbonyl (C=O) groups excluding carboxylic acids is 1. The molecule has 29 heavy (non-hydrogen) atoms. The number of nitrogens with zero attached hydrogens (tertiary/aromatic N) is 1. The Labute approximate surface area is 174 Å². The number of fused-ring (bicyclic) bond motifs is 5. The van der Waals surface area contributed by atoms with Crippen LogP contribution in [-0.4, -0.2) is 11.0 Å². The zero-order valence-corrected chi connectivity index (χ0v) is 18.0. The number of pyridine rings is 1. The molecule has 5 rings (SSSR count). The first-order chi connectivity index (χ1) is 13.9. The normalized spacial score (nSPS) is 43.0. The molecule has 0 aromatic carbocycles. The van der Waals surface area contributed by atoms with Crippen molar-refractivity contribution in [1.29, 1.82) is 0 Å². The van der Waals surface area contributed by atoms with Gasteiger partial charge in [0.15, 0.2) is 5.60 Å². The van der Waals surface area contributed by atoms with Crippen LogP contribution in [0, 0.1) is 28.6 Å². The molecule has 154 valence electrons. The Morgan fingerprint density at radius 2 is 2.00 bits per heavy atom. The minimum atomic E-state index is -0.608. The average molecular weight is 392 g/mol. The highest BCUT2D eigenvalue weighted by atomic mass is 16.6. The van der Waals surface area contributed by atoms with Crippen molar-refractivity contribution in [2.45, 2.75) is 71.3 Å². The fourth-order valence-electron chi connectivity index (χ4n) is 7.38. The Morgan fingerprint density at radius 1 is 1.14 bits per heavy atom. The predicted octanol–water partition coefficient (Wildman–Crippen LogP) is 5.97. The number of carbonyl (C=O) groups is 1. The van der Waals surface area contributed by atoms with Gasteiger partial charge in [0.2, 0.25) is 0 Å². The van der Waals surface area contributed by atoms with Crippen molar-refractivity contribution in [2.75, 3.05) is 0 Å². The zero-order chi connectivity index (χ0) is 20.3. The van der Waals surface area contributed by atoms with Crippen molar-refractivity contribution >= 4 is 5.97 Å². The maximum absolute atomic E-state index is 12.0. The quantitative estimate of drug-likeness (QED) is 0.460. The maximum Gasteiger partial charge on any atom is 0.303 e. The molecule has 0 saturated heterocycles. The van der Waals surface area contributed by atoms with E-state index in [2.05, 4.69) is 37.1 Å². The van der Waals surface area contributed by atoms with E-state index in [1.807, 2.05) is 24.4 Å². The summed E-state index contributed by atoms with van der Waals surface area (Å²) in [7, 11) is 0. The van der Waals surface area contributed by atoms with Gasteiger partial charge in [0.05, 0.1) is 5.69 Å². The molecule has 2 fully saturated rings. The molecule has 1 heterocycles. The molecular weight excluding hydrogens is 358 g/mol. The van der Waals surface area contributed by atoms with Crippen molar-refractivity contribution in [3.8, 4) is 0 Å². The van der Waals surface area contributed by atoms with Gasteiger partial charge in [0, 0.05) is 19.5 Å². The van der Waals surface area contributed by atoms with Crippen LogP contribution in [0.4, 0.5) is 0 Å². The molecule has 1 aromatic rings. The molecule has 3 nitrogen and oxygen atoms in total. The van der Waals surface area contributed by atoms with E-state index in [4.69, 9.17) is 4.74 Å². The van der Waals surface area contributed by atoms with Gasteiger partial charge in [-0.3, -0.25) is 9.78 Å². The van der Waals surface area contributed by atoms with Crippen molar-refractivity contribution < 1.29 is 9.53 Å². The van der Waals surface area contributed by atoms with Crippen LogP contribution in [0.25, 0.3) is 0 Å². The van der Waals surface area contributed by atoms with E-state index in [-0.39, 0.29) is 11.4 Å². The minimum absolute atomic E-state index is 0.209. The smallest absolute Gasteiger partial charge is 0.303 e. The van der Waals surface area contributed by atoms with E-state index in [1.54, 1.807) is 0 Å². The van der Waals surface area contributed by atoms with Gasteiger partial charge in [0.1, 0.15) is 0 Å². The lowest BCUT2D eigenvalue weighted by Gasteiger charge is -2.58. The second-order valence-corrected chi connectivity index (χ2v) is 10.4. The topological polar surface area (TPSA) is 39.2 Å². The number of hydrogen-bond donors (Lipinski definition) is 0. The molecular formula is C26H33NO2. The van der Waals surface area contributed by atoms with Gasteiger partial charge in [-0.2, -0.15) is 0 Å². The molecule has 1 unspecified atom stereocenters. The van der Waals surface area contributed by atoms with Crippen molar-refractivity contribution in [3.63, 3.8) is 0 Å². The molecule has 4 aliphatic carbocycles. The SMILES string of the molecule is CC(=O)OC1(c2ccccn2)CC[C@@]2(C)C(=CC[C@H]3[C@@H]4CC=C[C@@]4(C)CC[C@@H]32)C1. The van der Waals surface area contributed by atoms with Gasteiger partial charge in [-0.1, -0.05) is 43.7 Å². The van der Waals surface area contributed by atoms with Gasteiger partial charge < -0.3 is 4.74 Å². The molecule has 0 N–H and O–H groups in total. The molecule has 6 atom stereocenters. The van der Waals surface area contributed by atoms with Crippen molar-refractivity contribution in [3.05, 3.63) is 53.9 Å². The fraction of sp³-hybridized carbons (Fsp3) is 0.615. The van der Waals surface area contributed by atoms with E-state index in [0.29, 0.717) is 5.41 Å². The number of rotatable bonds is 2. The zero-order valence-electron chi connectivity index (χ0n) is 18.0. The van der Waals surface area contributed by atoms with E-state index in [0.717, 1.165) is 42.7 Å². The molecule has 4 aliphatic rings. The molecule has 0 spiro atoms. The van der Waals surface area contributed by atoms with E-state index in [9.17, 15) is 4.79 Å². The van der Waals surface area contributed by atoms with Crippen LogP contribution < -0.4 is 0 Å². The monoisotopic (exact) mass is 391 g/mol. The van der Waals surface area contributed by atoms with Gasteiger partial charge in [0.25, 0.3) is 0 Å². The molecule has 0 amide bonds. The van der Waals surface area contributed by atoms with Crippen LogP contribution in [0.15, 0.2) is 48.2 Å². The second-order valence-electron chi connectivity index (χ2n) is 10.4. The van der Waals surface area contributed by atoms with Gasteiger partial charge in [-0.15, -0.1) is 0 Å². The largest absolute Gasteiger partial charge is 0.452 e. The third kappa shape index (κ3) is 2.84. The van der Waals surface area contributed by atoms with Crippen LogP contribution in [-0.2, 0) is 15.1 Å². The van der Waals surface area contributed by atoms with Crippen molar-refractivity contribution in [2.24, 2.45) is 28.6 Å². The highest BCUT2D eigenvalue weighted by Crippen LogP contribution is 2.65. The summed E-state index contributed by atoms with van der Waals surface area (Å²) in [6, 6.07) is 5.95. The number of allylic oxidation sites excluding steroid dienone is 3. The highest BCUT2D eigenvalue weighted by Gasteiger charge is 2.57. The molecule has 3 heteroatoms. The highest BCUT2D eigenvalue weighted by molar-refractivity contribution is 5.67. The fourth-order valence-corrected chi connectivity index (χ4v) is 7.38. The van der Waals surface area contributed by atoms with Crippen LogP contribution in [0.2, 0.25) is 0 Å². The standard InChI is InChI=1S/C26H33NO2/c1-18(28)29-26(23-8-4-5-16-27-23)15-14-25(3)19(17-26)9-10-20-21-7-6-12-24(21,2)13-11-22(20)25/h4-6,8-9,12,16,20-22H,7,10-11,13-15,17H2,1-3H3/t20-,21-,22-,24-,25-,26?/m0/s1. The Bertz CT molecular complexity index is 874. The second kappa shape index (κ2) is 6.55. The summed E-state index contributed by atoms with van der Waals surface area (Å²) < 4.78 is 6.03. The predicted molar refractivity (Wildman–Crippen MR) is 114 cm³/mol. The van der Waals surface area contributed by atoms with E-state index >= 15 is 0 Å². The van der Waals surface area contributed by atoms with Crippen LogP contribution >= 0.6 is 0 Å². The Hall–Kier alpha value is -1.90. The van der Waals surface area contributed by atoms with Crippen LogP contribution in [0.5, 0.6) is 0 Å². The minimum Gasteiger partial charge on any atom is -0.452 e. The van der Waals surface area contributed by atoms with E-state index < -0.39 is 5.60 Å². The van der Waals surface area contributed by atoms with Crippen LogP contribution in [0.3, 0.4) is 0 Å².